The lowest BCUT2D eigenvalue weighted by Gasteiger charge is -2.37. The van der Waals surface area contributed by atoms with Gasteiger partial charge in [0, 0.05) is 18.6 Å². The summed E-state index contributed by atoms with van der Waals surface area (Å²) in [4.78, 5) is 2.64. The van der Waals surface area contributed by atoms with Crippen LogP contribution >= 0.6 is 0 Å². The first-order valence-corrected chi connectivity index (χ1v) is 8.65. The lowest BCUT2D eigenvalue weighted by Crippen LogP contribution is -2.45. The number of nitrogens with zero attached hydrogens (tertiary/aromatic N) is 1. The molecule has 1 N–H and O–H groups in total. The van der Waals surface area contributed by atoms with Crippen molar-refractivity contribution < 1.29 is 0 Å². The minimum Gasteiger partial charge on any atom is -0.307 e. The molecule has 1 aromatic carbocycles. The monoisotopic (exact) mass is 288 g/mol. The van der Waals surface area contributed by atoms with Gasteiger partial charge >= 0.3 is 0 Å². The molecule has 1 fully saturated rings. The van der Waals surface area contributed by atoms with Gasteiger partial charge in [-0.3, -0.25) is 0 Å². The second kappa shape index (κ2) is 7.95. The summed E-state index contributed by atoms with van der Waals surface area (Å²) in [5.74, 6) is 0.790. The van der Waals surface area contributed by atoms with Crippen LogP contribution in [-0.2, 0) is 0 Å². The molecule has 1 aromatic rings. The SMILES string of the molecule is CCCN1CCCC(C(C)N[C@H](C)c2ccc(C)cc2)C1. The molecule has 3 atom stereocenters. The second-order valence-corrected chi connectivity index (χ2v) is 6.79. The van der Waals surface area contributed by atoms with E-state index in [0.717, 1.165) is 5.92 Å². The van der Waals surface area contributed by atoms with Crippen LogP contribution in [0.5, 0.6) is 0 Å². The first-order chi connectivity index (χ1) is 10.1. The van der Waals surface area contributed by atoms with Crippen LogP contribution in [0, 0.1) is 12.8 Å². The van der Waals surface area contributed by atoms with Crippen LogP contribution in [0.2, 0.25) is 0 Å². The molecule has 21 heavy (non-hydrogen) atoms. The Bertz CT molecular complexity index is 410. The molecule has 0 bridgehead atoms. The van der Waals surface area contributed by atoms with Gasteiger partial charge in [-0.25, -0.2) is 0 Å². The Hall–Kier alpha value is -0.860. The molecule has 1 aliphatic rings. The molecule has 0 saturated carbocycles. The lowest BCUT2D eigenvalue weighted by atomic mass is 9.90. The molecule has 1 saturated heterocycles. The highest BCUT2D eigenvalue weighted by Gasteiger charge is 2.25. The molecule has 0 amide bonds. The number of hydrogen-bond donors (Lipinski definition) is 1. The molecular weight excluding hydrogens is 256 g/mol. The standard InChI is InChI=1S/C19H32N2/c1-5-12-21-13-6-7-19(14-21)17(4)20-16(3)18-10-8-15(2)9-11-18/h8-11,16-17,19-20H,5-7,12-14H2,1-4H3/t16-,17?,19?/m1/s1. The smallest absolute Gasteiger partial charge is 0.0294 e. The minimum atomic E-state index is 0.433. The van der Waals surface area contributed by atoms with E-state index in [1.165, 1.54) is 50.0 Å². The van der Waals surface area contributed by atoms with Gasteiger partial charge in [-0.15, -0.1) is 0 Å². The van der Waals surface area contributed by atoms with Gasteiger partial charge in [0.2, 0.25) is 0 Å². The van der Waals surface area contributed by atoms with Gasteiger partial charge in [-0.1, -0.05) is 36.8 Å². The van der Waals surface area contributed by atoms with Crippen LogP contribution in [0.25, 0.3) is 0 Å². The molecular formula is C19H32N2. The minimum absolute atomic E-state index is 0.433. The summed E-state index contributed by atoms with van der Waals surface area (Å²) >= 11 is 0. The maximum atomic E-state index is 3.82. The van der Waals surface area contributed by atoms with E-state index in [9.17, 15) is 0 Å². The van der Waals surface area contributed by atoms with Gasteiger partial charge in [0.25, 0.3) is 0 Å². The summed E-state index contributed by atoms with van der Waals surface area (Å²) < 4.78 is 0. The number of hydrogen-bond acceptors (Lipinski definition) is 2. The molecule has 2 heteroatoms. The topological polar surface area (TPSA) is 15.3 Å². The number of aryl methyl sites for hydroxylation is 1. The zero-order chi connectivity index (χ0) is 15.2. The van der Waals surface area contributed by atoms with E-state index < -0.39 is 0 Å². The Morgan fingerprint density at radius 1 is 1.24 bits per heavy atom. The lowest BCUT2D eigenvalue weighted by molar-refractivity contribution is 0.147. The Kier molecular flexibility index (Phi) is 6.25. The van der Waals surface area contributed by atoms with Gasteiger partial charge in [0.15, 0.2) is 0 Å². The zero-order valence-corrected chi connectivity index (χ0v) is 14.2. The van der Waals surface area contributed by atoms with Crippen LogP contribution < -0.4 is 5.32 Å². The third kappa shape index (κ3) is 4.82. The Balaban J connectivity index is 1.88. The van der Waals surface area contributed by atoms with Crippen molar-refractivity contribution in [2.75, 3.05) is 19.6 Å². The normalized spacial score (nSPS) is 23.0. The third-order valence-electron chi connectivity index (χ3n) is 4.88. The fourth-order valence-electron chi connectivity index (χ4n) is 3.50. The van der Waals surface area contributed by atoms with Gasteiger partial charge in [-0.05, 0) is 64.6 Å². The van der Waals surface area contributed by atoms with E-state index in [-0.39, 0.29) is 0 Å². The highest BCUT2D eigenvalue weighted by Crippen LogP contribution is 2.22. The summed E-state index contributed by atoms with van der Waals surface area (Å²) in [5.41, 5.74) is 2.73. The first kappa shape index (κ1) is 16.5. The molecule has 0 radical (unpaired) electrons. The first-order valence-electron chi connectivity index (χ1n) is 8.65. The second-order valence-electron chi connectivity index (χ2n) is 6.79. The molecule has 2 nitrogen and oxygen atoms in total. The van der Waals surface area contributed by atoms with Gasteiger partial charge in [0.1, 0.15) is 0 Å². The molecule has 0 spiro atoms. The molecule has 2 unspecified atom stereocenters. The average molecular weight is 288 g/mol. The van der Waals surface area contributed by atoms with Crippen LogP contribution in [-0.4, -0.2) is 30.6 Å². The van der Waals surface area contributed by atoms with Crippen LogP contribution in [0.15, 0.2) is 24.3 Å². The largest absolute Gasteiger partial charge is 0.307 e. The summed E-state index contributed by atoms with van der Waals surface area (Å²) in [7, 11) is 0. The van der Waals surface area contributed by atoms with Gasteiger partial charge in [0.05, 0.1) is 0 Å². The number of nitrogens with one attached hydrogen (secondary N) is 1. The zero-order valence-electron chi connectivity index (χ0n) is 14.2. The number of rotatable bonds is 6. The predicted molar refractivity (Wildman–Crippen MR) is 91.6 cm³/mol. The van der Waals surface area contributed by atoms with Crippen molar-refractivity contribution in [3.8, 4) is 0 Å². The Morgan fingerprint density at radius 2 is 1.95 bits per heavy atom. The van der Waals surface area contributed by atoms with Crippen molar-refractivity contribution in [2.24, 2.45) is 5.92 Å². The number of likely N-dealkylation sites (tertiary alicyclic amines) is 1. The highest BCUT2D eigenvalue weighted by atomic mass is 15.1. The maximum Gasteiger partial charge on any atom is 0.0294 e. The van der Waals surface area contributed by atoms with Crippen molar-refractivity contribution in [1.29, 1.82) is 0 Å². The highest BCUT2D eigenvalue weighted by molar-refractivity contribution is 5.23. The fourth-order valence-corrected chi connectivity index (χ4v) is 3.50. The maximum absolute atomic E-state index is 3.82. The van der Waals surface area contributed by atoms with Crippen molar-refractivity contribution in [2.45, 2.75) is 59.0 Å². The van der Waals surface area contributed by atoms with E-state index in [1.807, 2.05) is 0 Å². The fraction of sp³-hybridized carbons (Fsp3) is 0.684. The summed E-state index contributed by atoms with van der Waals surface area (Å²) in [5, 5.41) is 3.82. The van der Waals surface area contributed by atoms with Crippen molar-refractivity contribution in [1.82, 2.24) is 10.2 Å². The number of piperidine rings is 1. The number of benzene rings is 1. The van der Waals surface area contributed by atoms with Crippen LogP contribution in [0.1, 0.15) is 57.2 Å². The van der Waals surface area contributed by atoms with Crippen molar-refractivity contribution in [3.05, 3.63) is 35.4 Å². The molecule has 0 aromatic heterocycles. The van der Waals surface area contributed by atoms with E-state index in [0.29, 0.717) is 12.1 Å². The molecule has 1 heterocycles. The van der Waals surface area contributed by atoms with E-state index in [2.05, 4.69) is 62.2 Å². The summed E-state index contributed by atoms with van der Waals surface area (Å²) in [6.07, 6.45) is 4.00. The van der Waals surface area contributed by atoms with Crippen LogP contribution in [0.4, 0.5) is 0 Å². The van der Waals surface area contributed by atoms with E-state index >= 15 is 0 Å². The van der Waals surface area contributed by atoms with E-state index in [1.54, 1.807) is 0 Å². The predicted octanol–water partition coefficient (Wildman–Crippen LogP) is 4.16. The summed E-state index contributed by atoms with van der Waals surface area (Å²) in [6, 6.07) is 9.94. The van der Waals surface area contributed by atoms with Gasteiger partial charge < -0.3 is 10.2 Å². The molecule has 2 rings (SSSR count). The average Bonchev–Trinajstić information content (AvgIpc) is 2.48. The molecule has 0 aliphatic carbocycles. The molecule has 1 aliphatic heterocycles. The Labute approximate surface area is 130 Å². The molecule has 118 valence electrons. The third-order valence-corrected chi connectivity index (χ3v) is 4.88. The Morgan fingerprint density at radius 3 is 2.62 bits per heavy atom. The summed E-state index contributed by atoms with van der Waals surface area (Å²) in [6.45, 7) is 12.9. The van der Waals surface area contributed by atoms with E-state index in [4.69, 9.17) is 0 Å². The van der Waals surface area contributed by atoms with Crippen molar-refractivity contribution >= 4 is 0 Å². The van der Waals surface area contributed by atoms with Crippen LogP contribution in [0.3, 0.4) is 0 Å². The van der Waals surface area contributed by atoms with Gasteiger partial charge in [-0.2, -0.15) is 0 Å². The van der Waals surface area contributed by atoms with Crippen molar-refractivity contribution in [3.63, 3.8) is 0 Å². The quantitative estimate of drug-likeness (QED) is 0.845.